The van der Waals surface area contributed by atoms with Crippen molar-refractivity contribution in [1.82, 2.24) is 10.2 Å². The van der Waals surface area contributed by atoms with E-state index in [9.17, 15) is 13.6 Å². The Morgan fingerprint density at radius 1 is 0.861 bits per heavy atom. The molecule has 1 amide bonds. The van der Waals surface area contributed by atoms with Crippen LogP contribution in [-0.4, -0.2) is 49.8 Å². The van der Waals surface area contributed by atoms with E-state index in [0.29, 0.717) is 56.2 Å². The number of nitrogens with zero attached hydrogens (tertiary/aromatic N) is 1. The number of rotatable bonds is 4. The average molecular weight is 495 g/mol. The number of hydrogen-bond donors (Lipinski definition) is 1. The number of carbonyl (C=O) groups is 1. The van der Waals surface area contributed by atoms with Crippen LogP contribution in [0.25, 0.3) is 0 Å². The molecular formula is C29H32F2N2O3. The first-order valence-corrected chi connectivity index (χ1v) is 12.4. The van der Waals surface area contributed by atoms with Gasteiger partial charge < -0.3 is 14.8 Å². The predicted molar refractivity (Wildman–Crippen MR) is 135 cm³/mol. The Morgan fingerprint density at radius 2 is 1.67 bits per heavy atom. The highest BCUT2D eigenvalue weighted by Gasteiger charge is 2.19. The highest BCUT2D eigenvalue weighted by Crippen LogP contribution is 2.19. The minimum atomic E-state index is -0.850. The lowest BCUT2D eigenvalue weighted by Gasteiger charge is -2.23. The number of halogens is 2. The molecule has 1 N–H and O–H groups in total. The monoisotopic (exact) mass is 494 g/mol. The number of benzene rings is 3. The molecule has 0 unspecified atom stereocenters. The molecule has 190 valence electrons. The molecule has 0 bridgehead atoms. The molecule has 0 saturated carbocycles. The number of ether oxygens (including phenoxy) is 2. The number of carbonyl (C=O) groups excluding carboxylic acids is 1. The zero-order valence-corrected chi connectivity index (χ0v) is 20.3. The maximum absolute atomic E-state index is 13.7. The van der Waals surface area contributed by atoms with Crippen molar-refractivity contribution in [3.63, 3.8) is 0 Å². The van der Waals surface area contributed by atoms with Gasteiger partial charge in [0, 0.05) is 19.7 Å². The van der Waals surface area contributed by atoms with Crippen LogP contribution in [0.1, 0.15) is 34.3 Å². The van der Waals surface area contributed by atoms with Gasteiger partial charge in [0.15, 0.2) is 11.6 Å². The smallest absolute Gasteiger partial charge is 0.255 e. The van der Waals surface area contributed by atoms with Crippen molar-refractivity contribution < 1.29 is 23.0 Å². The maximum Gasteiger partial charge on any atom is 0.255 e. The van der Waals surface area contributed by atoms with Crippen LogP contribution in [0, 0.1) is 11.6 Å². The molecule has 0 saturated heterocycles. The van der Waals surface area contributed by atoms with Crippen molar-refractivity contribution in [3.05, 3.63) is 101 Å². The maximum atomic E-state index is 13.7. The van der Waals surface area contributed by atoms with Gasteiger partial charge in [-0.1, -0.05) is 48.5 Å². The molecule has 1 aliphatic heterocycles. The van der Waals surface area contributed by atoms with Crippen molar-refractivity contribution in [2.75, 3.05) is 32.9 Å². The molecule has 1 aliphatic rings. The Kier molecular flexibility index (Phi) is 9.41. The Balaban J connectivity index is 1.47. The summed E-state index contributed by atoms with van der Waals surface area (Å²) in [5.41, 5.74) is 2.30. The fourth-order valence-corrected chi connectivity index (χ4v) is 4.31. The molecule has 7 heteroatoms. The van der Waals surface area contributed by atoms with Crippen LogP contribution in [0.4, 0.5) is 8.78 Å². The standard InChI is InChI=1S/C29H32F2N2O3/c30-26-13-12-23(19-27(26)31)20-33-14-6-7-16-35-21-24(18-22-8-2-1-3-9-22)32-29(34)25-10-4-5-11-28(25)36-17-15-33/h1-5,8-13,19,24H,6-7,14-18,20-21H2,(H,32,34)/t24-/m0/s1. The van der Waals surface area contributed by atoms with Gasteiger partial charge in [-0.3, -0.25) is 9.69 Å². The van der Waals surface area contributed by atoms with Gasteiger partial charge >= 0.3 is 0 Å². The van der Waals surface area contributed by atoms with Gasteiger partial charge in [0.25, 0.3) is 5.91 Å². The highest BCUT2D eigenvalue weighted by molar-refractivity contribution is 5.97. The van der Waals surface area contributed by atoms with Crippen molar-refractivity contribution in [2.45, 2.75) is 31.8 Å². The quantitative estimate of drug-likeness (QED) is 0.555. The highest BCUT2D eigenvalue weighted by atomic mass is 19.2. The summed E-state index contributed by atoms with van der Waals surface area (Å²) < 4.78 is 39.1. The second-order valence-corrected chi connectivity index (χ2v) is 9.01. The number of amides is 1. The topological polar surface area (TPSA) is 50.8 Å². The lowest BCUT2D eigenvalue weighted by atomic mass is 10.1. The lowest BCUT2D eigenvalue weighted by Crippen LogP contribution is -2.40. The van der Waals surface area contributed by atoms with Gasteiger partial charge in [-0.2, -0.15) is 0 Å². The summed E-state index contributed by atoms with van der Waals surface area (Å²) in [6.07, 6.45) is 2.40. The third-order valence-electron chi connectivity index (χ3n) is 6.18. The van der Waals surface area contributed by atoms with Crippen LogP contribution in [-0.2, 0) is 17.7 Å². The van der Waals surface area contributed by atoms with Crippen molar-refractivity contribution in [2.24, 2.45) is 0 Å². The van der Waals surface area contributed by atoms with Gasteiger partial charge in [-0.15, -0.1) is 0 Å². The Morgan fingerprint density at radius 3 is 2.50 bits per heavy atom. The second kappa shape index (κ2) is 13.1. The predicted octanol–water partition coefficient (Wildman–Crippen LogP) is 5.00. The number of para-hydroxylation sites is 1. The van der Waals surface area contributed by atoms with Gasteiger partial charge in [0.2, 0.25) is 0 Å². The summed E-state index contributed by atoms with van der Waals surface area (Å²) in [7, 11) is 0. The van der Waals surface area contributed by atoms with Gasteiger partial charge in [0.05, 0.1) is 18.2 Å². The van der Waals surface area contributed by atoms with E-state index in [1.165, 1.54) is 6.07 Å². The molecule has 0 fully saturated rings. The molecule has 36 heavy (non-hydrogen) atoms. The molecule has 0 spiro atoms. The number of nitrogens with one attached hydrogen (secondary N) is 1. The van der Waals surface area contributed by atoms with E-state index in [-0.39, 0.29) is 11.9 Å². The fourth-order valence-electron chi connectivity index (χ4n) is 4.31. The first kappa shape index (κ1) is 25.8. The zero-order chi connectivity index (χ0) is 25.2. The van der Waals surface area contributed by atoms with Crippen LogP contribution in [0.5, 0.6) is 5.75 Å². The van der Waals surface area contributed by atoms with Crippen LogP contribution in [0.15, 0.2) is 72.8 Å². The van der Waals surface area contributed by atoms with E-state index < -0.39 is 11.6 Å². The summed E-state index contributed by atoms with van der Waals surface area (Å²) in [6, 6.07) is 21.0. The molecule has 1 atom stereocenters. The summed E-state index contributed by atoms with van der Waals surface area (Å²) in [6.45, 7) is 3.15. The number of hydrogen-bond acceptors (Lipinski definition) is 4. The van der Waals surface area contributed by atoms with Crippen LogP contribution in [0.2, 0.25) is 0 Å². The van der Waals surface area contributed by atoms with E-state index in [1.807, 2.05) is 42.5 Å². The molecule has 4 rings (SSSR count). The molecule has 1 heterocycles. The fraction of sp³-hybridized carbons (Fsp3) is 0.345. The van der Waals surface area contributed by atoms with Gasteiger partial charge in [-0.25, -0.2) is 8.78 Å². The van der Waals surface area contributed by atoms with Crippen LogP contribution >= 0.6 is 0 Å². The van der Waals surface area contributed by atoms with Gasteiger partial charge in [0.1, 0.15) is 12.4 Å². The van der Waals surface area contributed by atoms with E-state index in [4.69, 9.17) is 9.47 Å². The first-order chi connectivity index (χ1) is 17.6. The molecule has 0 radical (unpaired) electrons. The Bertz CT molecular complexity index is 1130. The number of fused-ring (bicyclic) bond motifs is 1. The van der Waals surface area contributed by atoms with Crippen molar-refractivity contribution in [1.29, 1.82) is 0 Å². The Labute approximate surface area is 211 Å². The summed E-state index contributed by atoms with van der Waals surface area (Å²) >= 11 is 0. The third kappa shape index (κ3) is 7.60. The van der Waals surface area contributed by atoms with Gasteiger partial charge in [-0.05, 0) is 61.2 Å². The van der Waals surface area contributed by atoms with E-state index in [2.05, 4.69) is 10.2 Å². The molecule has 3 aromatic carbocycles. The van der Waals surface area contributed by atoms with E-state index in [1.54, 1.807) is 18.2 Å². The minimum Gasteiger partial charge on any atom is -0.491 e. The summed E-state index contributed by atoms with van der Waals surface area (Å²) in [5.74, 6) is -1.39. The zero-order valence-electron chi connectivity index (χ0n) is 20.3. The Hall–Kier alpha value is -3.29. The molecule has 0 aromatic heterocycles. The van der Waals surface area contributed by atoms with E-state index in [0.717, 1.165) is 31.0 Å². The average Bonchev–Trinajstić information content (AvgIpc) is 2.88. The third-order valence-corrected chi connectivity index (χ3v) is 6.18. The molecule has 5 nitrogen and oxygen atoms in total. The van der Waals surface area contributed by atoms with Crippen LogP contribution in [0.3, 0.4) is 0 Å². The van der Waals surface area contributed by atoms with E-state index >= 15 is 0 Å². The van der Waals surface area contributed by atoms with Crippen molar-refractivity contribution in [3.8, 4) is 5.75 Å². The van der Waals surface area contributed by atoms with Crippen molar-refractivity contribution >= 4 is 5.91 Å². The summed E-state index contributed by atoms with van der Waals surface area (Å²) in [4.78, 5) is 15.3. The molecule has 0 aliphatic carbocycles. The first-order valence-electron chi connectivity index (χ1n) is 12.4. The lowest BCUT2D eigenvalue weighted by molar-refractivity contribution is 0.0823. The normalized spacial score (nSPS) is 18.3. The molecular weight excluding hydrogens is 462 g/mol. The second-order valence-electron chi connectivity index (χ2n) is 9.01. The SMILES string of the molecule is O=C1N[C@@H](Cc2ccccc2)COCCCCN(Cc2ccc(F)c(F)c2)CCOc2ccccc21. The van der Waals surface area contributed by atoms with Crippen LogP contribution < -0.4 is 10.1 Å². The summed E-state index contributed by atoms with van der Waals surface area (Å²) in [5, 5.41) is 3.12. The molecule has 3 aromatic rings. The largest absolute Gasteiger partial charge is 0.491 e. The minimum absolute atomic E-state index is 0.178.